The van der Waals surface area contributed by atoms with E-state index in [4.69, 9.17) is 0 Å². The van der Waals surface area contributed by atoms with Crippen LogP contribution in [0.4, 0.5) is 4.39 Å². The molecule has 2 unspecified atom stereocenters. The third kappa shape index (κ3) is 5.84. The second-order valence-corrected chi connectivity index (χ2v) is 13.7. The summed E-state index contributed by atoms with van der Waals surface area (Å²) in [5.41, 5.74) is 2.41. The van der Waals surface area contributed by atoms with Crippen molar-refractivity contribution in [3.63, 3.8) is 0 Å². The zero-order valence-corrected chi connectivity index (χ0v) is 23.3. The Bertz CT molecular complexity index is 1110. The molecule has 2 aliphatic rings. The van der Waals surface area contributed by atoms with Crippen LogP contribution in [0.1, 0.15) is 44.9 Å². The first-order chi connectivity index (χ1) is 16.5. The Labute approximate surface area is 219 Å². The van der Waals surface area contributed by atoms with Crippen molar-refractivity contribution in [2.24, 2.45) is 5.41 Å². The van der Waals surface area contributed by atoms with Crippen LogP contribution >= 0.6 is 11.3 Å². The van der Waals surface area contributed by atoms with Crippen LogP contribution in [0.5, 0.6) is 0 Å². The molecule has 2 fully saturated rings. The van der Waals surface area contributed by atoms with Gasteiger partial charge >= 0.3 is 220 Å². The molecular weight excluding hydrogens is 582 g/mol. The minimum absolute atomic E-state index is 0.189. The van der Waals surface area contributed by atoms with Crippen LogP contribution < -0.4 is 31.8 Å². The Balaban J connectivity index is 1.39. The first-order valence-electron chi connectivity index (χ1n) is 11.6. The summed E-state index contributed by atoms with van der Waals surface area (Å²) in [6.07, 6.45) is 0.379. The van der Waals surface area contributed by atoms with Gasteiger partial charge in [0.25, 0.3) is 0 Å². The number of aryl methyl sites for hydroxylation is 1. The summed E-state index contributed by atoms with van der Waals surface area (Å²) < 4.78 is 15.5. The number of carbonyl (C=O) groups excluding carboxylic acids is 3. The molecule has 10 heteroatoms. The number of alkyl halides is 3. The van der Waals surface area contributed by atoms with E-state index in [2.05, 4.69) is 15.6 Å². The third-order valence-corrected chi connectivity index (χ3v) is 10.00. The quantitative estimate of drug-likeness (QED) is 0.262. The fourth-order valence-corrected chi connectivity index (χ4v) is 7.79. The summed E-state index contributed by atoms with van der Waals surface area (Å²) in [7, 11) is 0. The number of carbonyl (C=O) groups is 3. The van der Waals surface area contributed by atoms with Crippen molar-refractivity contribution >= 4 is 29.1 Å². The number of benzene rings is 1. The van der Waals surface area contributed by atoms with Gasteiger partial charge in [0.15, 0.2) is 0 Å². The van der Waals surface area contributed by atoms with Gasteiger partial charge in [-0.3, -0.25) is 0 Å². The summed E-state index contributed by atoms with van der Waals surface area (Å²) in [4.78, 5) is 45.9. The van der Waals surface area contributed by atoms with Gasteiger partial charge in [-0.05, 0) is 0 Å². The van der Waals surface area contributed by atoms with E-state index in [0.29, 0.717) is 15.5 Å². The van der Waals surface area contributed by atoms with Crippen molar-refractivity contribution in [2.45, 2.75) is 64.8 Å². The third-order valence-electron chi connectivity index (χ3n) is 6.34. The van der Waals surface area contributed by atoms with Crippen molar-refractivity contribution in [3.05, 3.63) is 41.0 Å². The molecule has 4 rings (SSSR count). The van der Waals surface area contributed by atoms with Gasteiger partial charge in [-0.15, -0.1) is 0 Å². The summed E-state index contributed by atoms with van der Waals surface area (Å²) in [5.74, 6) is -1.23. The average Bonchev–Trinajstić information content (AvgIpc) is 3.20. The van der Waals surface area contributed by atoms with Crippen molar-refractivity contribution in [2.75, 3.05) is 8.98 Å². The van der Waals surface area contributed by atoms with Crippen LogP contribution in [0.3, 0.4) is 0 Å². The van der Waals surface area contributed by atoms with E-state index in [0.717, 1.165) is 21.7 Å². The standard InChI is InChI=1S/C25H31FIN4O3S/c1-15-19(35-14-29-15)17-7-5-16(6-8-17)12-28-21(32)18-11-27-13-31(18)22(33)20(24(2,3)4)30-23(34)25(26)9-10-25/h5-8,14,18,20H,9-13H2,1-4H3,(H,28,32)(H,30,34)/q-1. The van der Waals surface area contributed by atoms with Crippen molar-refractivity contribution in [1.29, 1.82) is 0 Å². The van der Waals surface area contributed by atoms with Gasteiger partial charge in [0.05, 0.1) is 0 Å². The van der Waals surface area contributed by atoms with Crippen LogP contribution in [-0.4, -0.2) is 54.3 Å². The molecule has 190 valence electrons. The number of hydrogen-bond acceptors (Lipinski definition) is 5. The fourth-order valence-electron chi connectivity index (χ4n) is 3.91. The van der Waals surface area contributed by atoms with E-state index in [9.17, 15) is 18.8 Å². The second kappa shape index (κ2) is 10.1. The number of amides is 3. The predicted octanol–water partition coefficient (Wildman–Crippen LogP) is 0.0250. The van der Waals surface area contributed by atoms with E-state index >= 15 is 0 Å². The van der Waals surface area contributed by atoms with Gasteiger partial charge in [0.1, 0.15) is 0 Å². The average molecular weight is 614 g/mol. The molecule has 2 heterocycles. The summed E-state index contributed by atoms with van der Waals surface area (Å²) in [6.45, 7) is 7.86. The summed E-state index contributed by atoms with van der Waals surface area (Å²) in [6, 6.07) is 6.56. The van der Waals surface area contributed by atoms with Gasteiger partial charge < -0.3 is 0 Å². The molecule has 2 aromatic rings. The molecule has 2 N–H and O–H groups in total. The van der Waals surface area contributed by atoms with Crippen molar-refractivity contribution in [3.8, 4) is 10.4 Å². The predicted molar refractivity (Wildman–Crippen MR) is 129 cm³/mol. The number of aromatic nitrogens is 1. The van der Waals surface area contributed by atoms with Crippen molar-refractivity contribution in [1.82, 2.24) is 20.5 Å². The molecule has 1 aliphatic heterocycles. The van der Waals surface area contributed by atoms with E-state index in [1.165, 1.54) is 0 Å². The number of thiazole rings is 1. The van der Waals surface area contributed by atoms with E-state index in [1.807, 2.05) is 57.5 Å². The fraction of sp³-hybridized carbons (Fsp3) is 0.520. The first kappa shape index (κ1) is 26.0. The molecule has 1 aromatic carbocycles. The van der Waals surface area contributed by atoms with Crippen LogP contribution in [0, 0.1) is 12.3 Å². The molecule has 1 saturated heterocycles. The van der Waals surface area contributed by atoms with Crippen LogP contribution in [-0.2, 0) is 20.9 Å². The first-order valence-corrected chi connectivity index (χ1v) is 15.5. The maximum atomic E-state index is 14.3. The molecule has 1 saturated carbocycles. The number of nitrogens with zero attached hydrogens (tertiary/aromatic N) is 2. The second-order valence-electron chi connectivity index (χ2n) is 10.2. The van der Waals surface area contributed by atoms with Crippen LogP contribution in [0.2, 0.25) is 0 Å². The van der Waals surface area contributed by atoms with Gasteiger partial charge in [-0.1, -0.05) is 0 Å². The molecule has 7 nitrogen and oxygen atoms in total. The molecule has 0 radical (unpaired) electrons. The monoisotopic (exact) mass is 613 g/mol. The SMILES string of the molecule is Cc1ncsc1-c1ccc(CNC(=O)C2C[I-]CN2C(=O)C(NC(=O)C2(F)CC2)C(C)(C)C)cc1. The Morgan fingerprint density at radius 1 is 1.26 bits per heavy atom. The molecule has 1 aromatic heterocycles. The zero-order chi connectivity index (χ0) is 25.4. The number of hydrogen-bond donors (Lipinski definition) is 2. The minimum atomic E-state index is -1.85. The summed E-state index contributed by atoms with van der Waals surface area (Å²) >= 11 is 1.25. The van der Waals surface area contributed by atoms with Crippen LogP contribution in [0.15, 0.2) is 29.8 Å². The summed E-state index contributed by atoms with van der Waals surface area (Å²) in [5, 5.41) is 5.62. The molecule has 0 bridgehead atoms. The molecule has 1 aliphatic carbocycles. The molecule has 0 spiro atoms. The van der Waals surface area contributed by atoms with Crippen molar-refractivity contribution < 1.29 is 40.0 Å². The Morgan fingerprint density at radius 2 is 1.94 bits per heavy atom. The Morgan fingerprint density at radius 3 is 2.51 bits per heavy atom. The zero-order valence-electron chi connectivity index (χ0n) is 20.4. The van der Waals surface area contributed by atoms with E-state index in [-0.39, 0.29) is 45.9 Å². The Kier molecular flexibility index (Phi) is 7.51. The van der Waals surface area contributed by atoms with E-state index < -0.39 is 29.1 Å². The molecule has 35 heavy (non-hydrogen) atoms. The van der Waals surface area contributed by atoms with Gasteiger partial charge in [-0.2, -0.15) is 0 Å². The number of halogens is 2. The van der Waals surface area contributed by atoms with Crippen LogP contribution in [0.25, 0.3) is 10.4 Å². The topological polar surface area (TPSA) is 91.4 Å². The molecule has 3 amide bonds. The number of rotatable bonds is 7. The normalized spacial score (nSPS) is 20.0. The maximum absolute atomic E-state index is 14.3. The van der Waals surface area contributed by atoms with E-state index in [1.54, 1.807) is 16.2 Å². The Hall–Kier alpha value is -2.08. The molecular formula is C25H31FIN4O3S-. The van der Waals surface area contributed by atoms with Gasteiger partial charge in [0.2, 0.25) is 0 Å². The van der Waals surface area contributed by atoms with Gasteiger partial charge in [-0.25, -0.2) is 0 Å². The molecule has 2 atom stereocenters. The van der Waals surface area contributed by atoms with Gasteiger partial charge in [0, 0.05) is 0 Å². The number of nitrogens with one attached hydrogen (secondary N) is 2.